The number of benzene rings is 2. The van der Waals surface area contributed by atoms with Crippen molar-refractivity contribution in [3.05, 3.63) is 52.8 Å². The van der Waals surface area contributed by atoms with E-state index in [9.17, 15) is 14.4 Å². The van der Waals surface area contributed by atoms with Gasteiger partial charge in [-0.1, -0.05) is 6.07 Å². The van der Waals surface area contributed by atoms with Crippen LogP contribution in [0.3, 0.4) is 0 Å². The number of likely N-dealkylation sites (tertiary alicyclic amines) is 1. The summed E-state index contributed by atoms with van der Waals surface area (Å²) in [6.07, 6.45) is 5.40. The molecule has 0 radical (unpaired) electrons. The smallest absolute Gasteiger partial charge is 0.253 e. The topological polar surface area (TPSA) is 117 Å². The van der Waals surface area contributed by atoms with Crippen molar-refractivity contribution in [1.82, 2.24) is 25.1 Å². The zero-order valence-corrected chi connectivity index (χ0v) is 26.0. The van der Waals surface area contributed by atoms with Crippen molar-refractivity contribution in [2.45, 2.75) is 64.3 Å². The Morgan fingerprint density at radius 1 is 0.977 bits per heavy atom. The third-order valence-corrected chi connectivity index (χ3v) is 9.52. The van der Waals surface area contributed by atoms with Crippen LogP contribution in [0.1, 0.15) is 65.8 Å². The quantitative estimate of drug-likeness (QED) is 0.468. The SMILES string of the molecule is COc1cc2cc(c1OC)CCCNC(=O)CCC[C@H]1[C@H]3C[C@@H](CN(C(=O)c4ccc5nc(C)[nH]c5c4)C3)CN1C(=O)CC2. The summed E-state index contributed by atoms with van der Waals surface area (Å²) in [5.74, 6) is 2.77. The van der Waals surface area contributed by atoms with Crippen LogP contribution in [0.5, 0.6) is 11.5 Å². The number of nitrogens with one attached hydrogen (secondary N) is 2. The molecule has 2 N–H and O–H groups in total. The Kier molecular flexibility index (Phi) is 8.77. The van der Waals surface area contributed by atoms with E-state index in [0.29, 0.717) is 68.9 Å². The summed E-state index contributed by atoms with van der Waals surface area (Å²) < 4.78 is 11.3. The number of nitrogens with zero attached hydrogens (tertiary/aromatic N) is 3. The zero-order chi connectivity index (χ0) is 30.8. The highest BCUT2D eigenvalue weighted by atomic mass is 16.5. The average molecular weight is 602 g/mol. The van der Waals surface area contributed by atoms with E-state index in [2.05, 4.69) is 26.3 Å². The Bertz CT molecular complexity index is 1550. The third kappa shape index (κ3) is 6.25. The standard InChI is InChI=1S/C34H43N5O5/c1-21-36-27-11-10-25(17-28(27)37-21)34(42)38-18-23-15-26(20-38)29-7-4-8-31(40)35-13-5-6-24-14-22(9-12-32(41)39(29)19-23)16-30(43-2)33(24)44-3/h10-11,14,16-17,23,26,29H,4-9,12-13,15,18-20H2,1-3H3,(H,35,40)(H,36,37)/t23-,26-,29-/m0/s1. The van der Waals surface area contributed by atoms with Gasteiger partial charge in [-0.25, -0.2) is 4.98 Å². The molecule has 1 aromatic heterocycles. The van der Waals surface area contributed by atoms with Crippen molar-refractivity contribution in [1.29, 1.82) is 0 Å². The largest absolute Gasteiger partial charge is 0.493 e. The first-order valence-electron chi connectivity index (χ1n) is 15.9. The summed E-state index contributed by atoms with van der Waals surface area (Å²) in [6, 6.07) is 9.71. The Morgan fingerprint density at radius 2 is 1.84 bits per heavy atom. The van der Waals surface area contributed by atoms with Crippen LogP contribution >= 0.6 is 0 Å². The van der Waals surface area contributed by atoms with Crippen LogP contribution in [0.25, 0.3) is 11.0 Å². The van der Waals surface area contributed by atoms with Gasteiger partial charge in [-0.15, -0.1) is 0 Å². The van der Waals surface area contributed by atoms with Crippen molar-refractivity contribution < 1.29 is 23.9 Å². The first-order valence-corrected chi connectivity index (χ1v) is 15.9. The van der Waals surface area contributed by atoms with Gasteiger partial charge in [0.25, 0.3) is 5.91 Å². The number of imidazole rings is 1. The zero-order valence-electron chi connectivity index (χ0n) is 26.0. The van der Waals surface area contributed by atoms with E-state index in [-0.39, 0.29) is 35.6 Å². The van der Waals surface area contributed by atoms with Crippen LogP contribution in [0.15, 0.2) is 30.3 Å². The van der Waals surface area contributed by atoms with E-state index in [4.69, 9.17) is 9.47 Å². The van der Waals surface area contributed by atoms with Crippen LogP contribution in [-0.2, 0) is 22.4 Å². The maximum Gasteiger partial charge on any atom is 0.253 e. The molecular weight excluding hydrogens is 558 g/mol. The van der Waals surface area contributed by atoms with E-state index < -0.39 is 0 Å². The number of ether oxygens (including phenoxy) is 2. The number of hydrogen-bond donors (Lipinski definition) is 2. The Balaban J connectivity index is 1.22. The van der Waals surface area contributed by atoms with Gasteiger partial charge in [-0.2, -0.15) is 0 Å². The number of aromatic nitrogens is 2. The van der Waals surface area contributed by atoms with Crippen molar-refractivity contribution in [2.24, 2.45) is 11.8 Å². The van der Waals surface area contributed by atoms with E-state index in [1.807, 2.05) is 36.1 Å². The normalized spacial score (nSPS) is 23.2. The molecule has 3 aromatic rings. The van der Waals surface area contributed by atoms with Gasteiger partial charge in [0.05, 0.1) is 25.3 Å². The monoisotopic (exact) mass is 601 g/mol. The number of methoxy groups -OCH3 is 2. The van der Waals surface area contributed by atoms with Crippen molar-refractivity contribution >= 4 is 28.8 Å². The maximum absolute atomic E-state index is 13.9. The number of piperidine rings is 2. The van der Waals surface area contributed by atoms with Crippen LogP contribution in [0.4, 0.5) is 0 Å². The number of carbonyl (C=O) groups excluding carboxylic acids is 3. The number of fused-ring (bicyclic) bond motifs is 7. The molecule has 4 bridgehead atoms. The van der Waals surface area contributed by atoms with Crippen LogP contribution in [0.2, 0.25) is 0 Å². The molecule has 234 valence electrons. The number of carbonyl (C=O) groups is 3. The second-order valence-electron chi connectivity index (χ2n) is 12.6. The number of H-pyrrole nitrogens is 1. The molecule has 3 aliphatic heterocycles. The highest BCUT2D eigenvalue weighted by Crippen LogP contribution is 2.38. The first-order chi connectivity index (χ1) is 21.3. The summed E-state index contributed by atoms with van der Waals surface area (Å²) in [5.41, 5.74) is 4.42. The predicted molar refractivity (Wildman–Crippen MR) is 167 cm³/mol. The number of amides is 3. The molecule has 10 heteroatoms. The summed E-state index contributed by atoms with van der Waals surface area (Å²) in [6.45, 7) is 4.37. The molecule has 0 aliphatic carbocycles. The molecule has 0 spiro atoms. The molecule has 3 amide bonds. The van der Waals surface area contributed by atoms with E-state index in [0.717, 1.165) is 53.7 Å². The lowest BCUT2D eigenvalue weighted by atomic mass is 9.77. The number of rotatable bonds is 3. The molecule has 3 atom stereocenters. The molecule has 3 aliphatic rings. The van der Waals surface area contributed by atoms with Gasteiger partial charge in [0, 0.05) is 50.6 Å². The van der Waals surface area contributed by atoms with E-state index in [1.165, 1.54) is 0 Å². The maximum atomic E-state index is 13.9. The minimum Gasteiger partial charge on any atom is -0.493 e. The second kappa shape index (κ2) is 12.9. The van der Waals surface area contributed by atoms with Gasteiger partial charge in [-0.05, 0) is 92.7 Å². The number of aryl methyl sites for hydroxylation is 3. The Labute approximate surface area is 258 Å². The summed E-state index contributed by atoms with van der Waals surface area (Å²) in [7, 11) is 3.27. The van der Waals surface area contributed by atoms with Crippen LogP contribution in [0, 0.1) is 18.8 Å². The molecule has 2 aromatic carbocycles. The highest BCUT2D eigenvalue weighted by molar-refractivity contribution is 5.97. The molecule has 0 unspecified atom stereocenters. The fourth-order valence-corrected chi connectivity index (χ4v) is 7.52. The molecule has 10 nitrogen and oxygen atoms in total. The molecule has 6 rings (SSSR count). The van der Waals surface area contributed by atoms with Crippen LogP contribution in [-0.4, -0.2) is 83.9 Å². The van der Waals surface area contributed by atoms with Gasteiger partial charge in [0.1, 0.15) is 5.82 Å². The van der Waals surface area contributed by atoms with Gasteiger partial charge in [-0.3, -0.25) is 14.4 Å². The lowest BCUT2D eigenvalue weighted by Crippen LogP contribution is -2.60. The van der Waals surface area contributed by atoms with E-state index >= 15 is 0 Å². The summed E-state index contributed by atoms with van der Waals surface area (Å²) >= 11 is 0. The van der Waals surface area contributed by atoms with Crippen LogP contribution < -0.4 is 14.8 Å². The Morgan fingerprint density at radius 3 is 2.66 bits per heavy atom. The van der Waals surface area contributed by atoms with Crippen molar-refractivity contribution in [2.75, 3.05) is 40.4 Å². The number of aromatic amines is 1. The fraction of sp³-hybridized carbons (Fsp3) is 0.529. The van der Waals surface area contributed by atoms with Gasteiger partial charge < -0.3 is 29.6 Å². The van der Waals surface area contributed by atoms with Gasteiger partial charge >= 0.3 is 0 Å². The summed E-state index contributed by atoms with van der Waals surface area (Å²) in [4.78, 5) is 52.0. The minimum absolute atomic E-state index is 0.00578. The molecule has 2 saturated heterocycles. The third-order valence-electron chi connectivity index (χ3n) is 9.52. The number of hydrogen-bond acceptors (Lipinski definition) is 6. The van der Waals surface area contributed by atoms with Gasteiger partial charge in [0.2, 0.25) is 11.8 Å². The highest BCUT2D eigenvalue weighted by Gasteiger charge is 2.43. The first kappa shape index (κ1) is 30.0. The molecule has 4 heterocycles. The second-order valence-corrected chi connectivity index (χ2v) is 12.6. The molecular formula is C34H43N5O5. The summed E-state index contributed by atoms with van der Waals surface area (Å²) in [5, 5.41) is 3.07. The van der Waals surface area contributed by atoms with Crippen molar-refractivity contribution in [3.8, 4) is 11.5 Å². The van der Waals surface area contributed by atoms with E-state index in [1.54, 1.807) is 14.2 Å². The van der Waals surface area contributed by atoms with Crippen molar-refractivity contribution in [3.63, 3.8) is 0 Å². The molecule has 2 fully saturated rings. The average Bonchev–Trinajstić information content (AvgIpc) is 3.40. The molecule has 0 saturated carbocycles. The minimum atomic E-state index is -0.00578. The lowest BCUT2D eigenvalue weighted by Gasteiger charge is -2.51. The fourth-order valence-electron chi connectivity index (χ4n) is 7.52. The Hall–Kier alpha value is -4.08. The molecule has 44 heavy (non-hydrogen) atoms. The predicted octanol–water partition coefficient (Wildman–Crippen LogP) is 4.04. The van der Waals surface area contributed by atoms with Gasteiger partial charge in [0.15, 0.2) is 11.5 Å². The lowest BCUT2D eigenvalue weighted by molar-refractivity contribution is -0.140.